The Morgan fingerprint density at radius 1 is 0.907 bits per heavy atom. The van der Waals surface area contributed by atoms with Gasteiger partial charge in [-0.25, -0.2) is 0 Å². The quantitative estimate of drug-likeness (QED) is 0.158. The summed E-state index contributed by atoms with van der Waals surface area (Å²) in [7, 11) is 0. The number of carbonyl (C=O) groups excluding carboxylic acids is 4. The van der Waals surface area contributed by atoms with Crippen LogP contribution in [0.5, 0.6) is 0 Å². The van der Waals surface area contributed by atoms with Crippen LogP contribution in [-0.2, 0) is 33.4 Å². The SMILES string of the molecule is CCC/C=C/C=C/C[C@@H]1C[C@H](OC(C)=O)C2[C@@H]3/C(C)=C/[C@@H]4C=C[C@H](OC(C)=O)[C@H](OC(C)=O)[C@H]4/C(C)=C/C=C\[C@H]3C(=O)N21. The van der Waals surface area contributed by atoms with Crippen LogP contribution in [0, 0.1) is 23.7 Å². The molecule has 4 aliphatic rings. The third-order valence-electron chi connectivity index (χ3n) is 8.86. The molecule has 2 heterocycles. The molecule has 1 unspecified atom stereocenters. The standard InChI is InChI=1S/C35H45NO7/c1-7-8-9-10-11-12-15-27-20-30(42-24(5)38)33-32-22(3)19-26-17-18-29(41-23(4)37)34(43-25(6)39)31(26)21(2)14-13-16-28(32)35(40)36(27)33/h9-14,16-19,26-34H,7-8,15,20H2,1-6H3/b10-9+,12-11+,16-13-,21-14+,22-19+/t26-,27+,28+,29-,30-,31-,32+,33?,34-/m0/s1. The minimum atomic E-state index is -0.711. The molecule has 0 spiro atoms. The summed E-state index contributed by atoms with van der Waals surface area (Å²) in [5.41, 5.74) is 1.95. The molecule has 2 saturated heterocycles. The third-order valence-corrected chi connectivity index (χ3v) is 8.86. The largest absolute Gasteiger partial charge is 0.460 e. The van der Waals surface area contributed by atoms with Crippen LogP contribution in [0.25, 0.3) is 0 Å². The van der Waals surface area contributed by atoms with Crippen molar-refractivity contribution in [3.63, 3.8) is 0 Å². The highest BCUT2D eigenvalue weighted by atomic mass is 16.6. The van der Waals surface area contributed by atoms with Gasteiger partial charge in [-0.1, -0.05) is 79.2 Å². The van der Waals surface area contributed by atoms with Crippen LogP contribution >= 0.6 is 0 Å². The number of allylic oxidation sites excluding steroid dienone is 7. The number of carbonyl (C=O) groups is 4. The molecule has 43 heavy (non-hydrogen) atoms. The molecule has 0 radical (unpaired) electrons. The Hall–Kier alpha value is -3.68. The molecule has 0 N–H and O–H groups in total. The summed E-state index contributed by atoms with van der Waals surface area (Å²) in [6.07, 6.45) is 21.6. The highest BCUT2D eigenvalue weighted by Crippen LogP contribution is 2.48. The zero-order valence-electron chi connectivity index (χ0n) is 26.1. The molecule has 2 fully saturated rings. The van der Waals surface area contributed by atoms with Crippen molar-refractivity contribution in [1.82, 2.24) is 4.90 Å². The third kappa shape index (κ3) is 7.28. The van der Waals surface area contributed by atoms with Gasteiger partial charge >= 0.3 is 17.9 Å². The Morgan fingerprint density at radius 3 is 2.28 bits per heavy atom. The number of unbranched alkanes of at least 4 members (excludes halogenated alkanes) is 1. The zero-order valence-corrected chi connectivity index (χ0v) is 26.1. The smallest absolute Gasteiger partial charge is 0.303 e. The van der Waals surface area contributed by atoms with Crippen LogP contribution in [0.1, 0.15) is 67.2 Å². The zero-order chi connectivity index (χ0) is 31.3. The van der Waals surface area contributed by atoms with Gasteiger partial charge in [-0.2, -0.15) is 0 Å². The minimum absolute atomic E-state index is 0.0450. The van der Waals surface area contributed by atoms with Gasteiger partial charge in [-0.3, -0.25) is 19.2 Å². The molecule has 8 heteroatoms. The average molecular weight is 592 g/mol. The van der Waals surface area contributed by atoms with E-state index in [2.05, 4.69) is 25.2 Å². The highest BCUT2D eigenvalue weighted by molar-refractivity contribution is 5.86. The predicted octanol–water partition coefficient (Wildman–Crippen LogP) is 5.56. The number of nitrogens with zero attached hydrogens (tertiary/aromatic N) is 1. The van der Waals surface area contributed by atoms with Gasteiger partial charge in [0.2, 0.25) is 5.91 Å². The van der Waals surface area contributed by atoms with Crippen LogP contribution in [0.4, 0.5) is 0 Å². The van der Waals surface area contributed by atoms with Gasteiger partial charge in [0.05, 0.1) is 12.0 Å². The van der Waals surface area contributed by atoms with Crippen molar-refractivity contribution in [2.24, 2.45) is 23.7 Å². The van der Waals surface area contributed by atoms with Crippen LogP contribution < -0.4 is 0 Å². The van der Waals surface area contributed by atoms with Gasteiger partial charge in [0, 0.05) is 51.0 Å². The Bertz CT molecular complexity index is 1270. The van der Waals surface area contributed by atoms with Crippen molar-refractivity contribution in [3.05, 3.63) is 71.9 Å². The van der Waals surface area contributed by atoms with E-state index in [-0.39, 0.29) is 41.7 Å². The first-order valence-corrected chi connectivity index (χ1v) is 15.4. The van der Waals surface area contributed by atoms with Gasteiger partial charge < -0.3 is 19.1 Å². The first-order chi connectivity index (χ1) is 20.5. The molecular formula is C35H45NO7. The Balaban J connectivity index is 1.72. The van der Waals surface area contributed by atoms with E-state index in [0.29, 0.717) is 12.8 Å². The number of esters is 3. The first kappa shape index (κ1) is 32.2. The van der Waals surface area contributed by atoms with Crippen molar-refractivity contribution in [1.29, 1.82) is 0 Å². The molecule has 1 amide bonds. The van der Waals surface area contributed by atoms with Gasteiger partial charge in [0.25, 0.3) is 0 Å². The van der Waals surface area contributed by atoms with Gasteiger partial charge in [0.15, 0.2) is 6.10 Å². The molecule has 0 saturated carbocycles. The number of rotatable bonds is 8. The fourth-order valence-electron chi connectivity index (χ4n) is 7.26. The van der Waals surface area contributed by atoms with E-state index in [9.17, 15) is 19.2 Å². The van der Waals surface area contributed by atoms with Crippen LogP contribution in [-0.4, -0.2) is 59.1 Å². The first-order valence-electron chi connectivity index (χ1n) is 15.4. The molecule has 0 bridgehead atoms. The van der Waals surface area contributed by atoms with E-state index in [1.807, 2.05) is 55.2 Å². The summed E-state index contributed by atoms with van der Waals surface area (Å²) < 4.78 is 17.2. The lowest BCUT2D eigenvalue weighted by atomic mass is 9.72. The van der Waals surface area contributed by atoms with Gasteiger partial charge in [0.1, 0.15) is 12.2 Å². The lowest BCUT2D eigenvalue weighted by Gasteiger charge is -2.39. The number of fused-ring (bicyclic) bond motifs is 4. The maximum absolute atomic E-state index is 14.1. The topological polar surface area (TPSA) is 99.2 Å². The molecule has 2 aliphatic heterocycles. The highest BCUT2D eigenvalue weighted by Gasteiger charge is 2.58. The van der Waals surface area contributed by atoms with Crippen molar-refractivity contribution in [2.45, 2.75) is 97.6 Å². The van der Waals surface area contributed by atoms with Crippen molar-refractivity contribution < 1.29 is 33.4 Å². The monoisotopic (exact) mass is 591 g/mol. The summed E-state index contributed by atoms with van der Waals surface area (Å²) in [5, 5.41) is 0. The van der Waals surface area contributed by atoms with Crippen molar-refractivity contribution in [2.75, 3.05) is 0 Å². The predicted molar refractivity (Wildman–Crippen MR) is 163 cm³/mol. The molecule has 4 rings (SSSR count). The Kier molecular flexibility index (Phi) is 10.6. The lowest BCUT2D eigenvalue weighted by molar-refractivity contribution is -0.166. The number of hydrogen-bond donors (Lipinski definition) is 0. The van der Waals surface area contributed by atoms with E-state index >= 15 is 0 Å². The molecule has 0 aromatic carbocycles. The maximum Gasteiger partial charge on any atom is 0.303 e. The van der Waals surface area contributed by atoms with Gasteiger partial charge in [-0.05, 0) is 32.8 Å². The summed E-state index contributed by atoms with van der Waals surface area (Å²) in [4.78, 5) is 52.2. The van der Waals surface area contributed by atoms with Crippen LogP contribution in [0.2, 0.25) is 0 Å². The van der Waals surface area contributed by atoms with Gasteiger partial charge in [-0.15, -0.1) is 0 Å². The fraction of sp³-hybridized carbons (Fsp3) is 0.543. The number of hydrogen-bond acceptors (Lipinski definition) is 7. The Labute approximate surface area is 255 Å². The fourth-order valence-corrected chi connectivity index (χ4v) is 7.26. The van der Waals surface area contributed by atoms with E-state index in [1.165, 1.54) is 20.8 Å². The molecular weight excluding hydrogens is 546 g/mol. The Morgan fingerprint density at radius 2 is 1.60 bits per heavy atom. The molecule has 0 aromatic heterocycles. The summed E-state index contributed by atoms with van der Waals surface area (Å²) in [6.45, 7) is 10.2. The van der Waals surface area contributed by atoms with E-state index in [4.69, 9.17) is 14.2 Å². The lowest BCUT2D eigenvalue weighted by Crippen LogP contribution is -2.45. The average Bonchev–Trinajstić information content (AvgIpc) is 3.41. The van der Waals surface area contributed by atoms with E-state index in [1.54, 1.807) is 6.08 Å². The number of ether oxygens (including phenoxy) is 3. The summed E-state index contributed by atoms with van der Waals surface area (Å²) in [5.74, 6) is -2.28. The van der Waals surface area contributed by atoms with Crippen molar-refractivity contribution in [3.8, 4) is 0 Å². The van der Waals surface area contributed by atoms with E-state index < -0.39 is 36.2 Å². The van der Waals surface area contributed by atoms with Crippen LogP contribution in [0.3, 0.4) is 0 Å². The molecule has 8 nitrogen and oxygen atoms in total. The van der Waals surface area contributed by atoms with Crippen LogP contribution in [0.15, 0.2) is 71.9 Å². The molecule has 2 aliphatic carbocycles. The number of amides is 1. The normalized spacial score (nSPS) is 36.7. The molecule has 232 valence electrons. The second-order valence-corrected chi connectivity index (χ2v) is 12.0. The second kappa shape index (κ2) is 14.2. The summed E-state index contributed by atoms with van der Waals surface area (Å²) >= 11 is 0. The second-order valence-electron chi connectivity index (χ2n) is 12.0. The maximum atomic E-state index is 14.1. The molecule has 9 atom stereocenters. The molecule has 0 aromatic rings. The van der Waals surface area contributed by atoms with Crippen molar-refractivity contribution >= 4 is 23.8 Å². The van der Waals surface area contributed by atoms with E-state index in [0.717, 1.165) is 24.0 Å². The summed E-state index contributed by atoms with van der Waals surface area (Å²) in [6, 6.07) is -0.362. The minimum Gasteiger partial charge on any atom is -0.460 e.